The molecule has 3 heteroatoms. The van der Waals surface area contributed by atoms with Gasteiger partial charge in [0.2, 0.25) is 0 Å². The van der Waals surface area contributed by atoms with Gasteiger partial charge in [0.05, 0.1) is 19.1 Å². The molecule has 1 unspecified atom stereocenters. The van der Waals surface area contributed by atoms with Crippen molar-refractivity contribution >= 4 is 5.97 Å². The molecule has 1 fully saturated rings. The molecule has 17 heavy (non-hydrogen) atoms. The monoisotopic (exact) mass is 242 g/mol. The second-order valence-electron chi connectivity index (χ2n) is 5.45. The molecule has 0 aromatic heterocycles. The second-order valence-corrected chi connectivity index (χ2v) is 5.45. The molecule has 0 saturated heterocycles. The van der Waals surface area contributed by atoms with Crippen molar-refractivity contribution in [2.45, 2.75) is 46.0 Å². The Morgan fingerprint density at radius 3 is 2.24 bits per heavy atom. The molecule has 0 aromatic rings. The molecule has 1 aliphatic rings. The smallest absolute Gasteiger partial charge is 0.314 e. The van der Waals surface area contributed by atoms with E-state index >= 15 is 0 Å². The van der Waals surface area contributed by atoms with Crippen molar-refractivity contribution in [2.75, 3.05) is 20.8 Å². The molecule has 100 valence electrons. The number of hydrogen-bond donors (Lipinski definition) is 0. The summed E-state index contributed by atoms with van der Waals surface area (Å²) < 4.78 is 10.4. The van der Waals surface area contributed by atoms with Crippen LogP contribution in [-0.4, -0.2) is 26.8 Å². The Morgan fingerprint density at radius 2 is 1.82 bits per heavy atom. The molecule has 0 radical (unpaired) electrons. The predicted octanol–water partition coefficient (Wildman–Crippen LogP) is 3.03. The largest absolute Gasteiger partial charge is 0.469 e. The predicted molar refractivity (Wildman–Crippen MR) is 67.7 cm³/mol. The maximum absolute atomic E-state index is 12.3. The number of rotatable bonds is 5. The zero-order valence-corrected chi connectivity index (χ0v) is 11.6. The van der Waals surface area contributed by atoms with Gasteiger partial charge in [0.25, 0.3) is 0 Å². The van der Waals surface area contributed by atoms with Crippen LogP contribution in [0.4, 0.5) is 0 Å². The average Bonchev–Trinajstić information content (AvgIpc) is 2.35. The van der Waals surface area contributed by atoms with Gasteiger partial charge in [0.1, 0.15) is 0 Å². The fraction of sp³-hybridized carbons (Fsp3) is 0.929. The van der Waals surface area contributed by atoms with Gasteiger partial charge in [0.15, 0.2) is 0 Å². The number of methoxy groups -OCH3 is 2. The molecule has 3 nitrogen and oxygen atoms in total. The SMILES string of the molecule is COCC(C(=O)OC)(C(C)C)C1CCCCC1. The van der Waals surface area contributed by atoms with Gasteiger partial charge in [-0.15, -0.1) is 0 Å². The topological polar surface area (TPSA) is 35.5 Å². The molecular weight excluding hydrogens is 216 g/mol. The summed E-state index contributed by atoms with van der Waals surface area (Å²) in [5.41, 5.74) is -0.454. The van der Waals surface area contributed by atoms with Crippen LogP contribution in [0.15, 0.2) is 0 Å². The lowest BCUT2D eigenvalue weighted by Gasteiger charge is -2.42. The van der Waals surface area contributed by atoms with Crippen LogP contribution in [0.2, 0.25) is 0 Å². The summed E-state index contributed by atoms with van der Waals surface area (Å²) in [5, 5.41) is 0. The normalized spacial score (nSPS) is 21.2. The van der Waals surface area contributed by atoms with Crippen LogP contribution in [-0.2, 0) is 14.3 Å². The summed E-state index contributed by atoms with van der Waals surface area (Å²) in [5.74, 6) is 0.558. The first-order chi connectivity index (χ1) is 8.09. The fourth-order valence-electron chi connectivity index (χ4n) is 3.26. The third-order valence-corrected chi connectivity index (χ3v) is 4.31. The van der Waals surface area contributed by atoms with E-state index in [0.717, 1.165) is 12.8 Å². The average molecular weight is 242 g/mol. The number of carbonyl (C=O) groups is 1. The molecule has 0 bridgehead atoms. The van der Waals surface area contributed by atoms with E-state index < -0.39 is 5.41 Å². The van der Waals surface area contributed by atoms with Gasteiger partial charge in [-0.2, -0.15) is 0 Å². The zero-order chi connectivity index (χ0) is 12.9. The van der Waals surface area contributed by atoms with Gasteiger partial charge in [-0.25, -0.2) is 0 Å². The minimum Gasteiger partial charge on any atom is -0.469 e. The number of carbonyl (C=O) groups excluding carboxylic acids is 1. The number of ether oxygens (including phenoxy) is 2. The van der Waals surface area contributed by atoms with Gasteiger partial charge < -0.3 is 9.47 Å². The van der Waals surface area contributed by atoms with Crippen molar-refractivity contribution in [1.82, 2.24) is 0 Å². The summed E-state index contributed by atoms with van der Waals surface area (Å²) in [4.78, 5) is 12.3. The fourth-order valence-corrected chi connectivity index (χ4v) is 3.26. The quantitative estimate of drug-likeness (QED) is 0.695. The third kappa shape index (κ3) is 2.82. The molecule has 1 aliphatic carbocycles. The molecule has 0 spiro atoms. The lowest BCUT2D eigenvalue weighted by Crippen LogP contribution is -2.48. The Labute approximate surface area is 105 Å². The van der Waals surface area contributed by atoms with E-state index in [9.17, 15) is 4.79 Å². The van der Waals surface area contributed by atoms with Crippen molar-refractivity contribution in [3.05, 3.63) is 0 Å². The van der Waals surface area contributed by atoms with Gasteiger partial charge in [-0.3, -0.25) is 4.79 Å². The van der Waals surface area contributed by atoms with Gasteiger partial charge >= 0.3 is 5.97 Å². The van der Waals surface area contributed by atoms with Crippen LogP contribution in [0.3, 0.4) is 0 Å². The van der Waals surface area contributed by atoms with Crippen molar-refractivity contribution in [3.63, 3.8) is 0 Å². The standard InChI is InChI=1S/C14H26O3/c1-11(2)14(10-16-3,13(15)17-4)12-8-6-5-7-9-12/h11-12H,5-10H2,1-4H3. The maximum atomic E-state index is 12.3. The Bertz CT molecular complexity index is 244. The van der Waals surface area contributed by atoms with Crippen LogP contribution in [0.5, 0.6) is 0 Å². The molecule has 1 rings (SSSR count). The van der Waals surface area contributed by atoms with Crippen LogP contribution < -0.4 is 0 Å². The third-order valence-electron chi connectivity index (χ3n) is 4.31. The zero-order valence-electron chi connectivity index (χ0n) is 11.6. The number of esters is 1. The second kappa shape index (κ2) is 6.39. The highest BCUT2D eigenvalue weighted by Crippen LogP contribution is 2.45. The van der Waals surface area contributed by atoms with Gasteiger partial charge in [-0.1, -0.05) is 33.1 Å². The van der Waals surface area contributed by atoms with E-state index in [1.807, 2.05) is 0 Å². The lowest BCUT2D eigenvalue weighted by molar-refractivity contribution is -0.167. The molecule has 0 N–H and O–H groups in total. The molecule has 0 heterocycles. The Balaban J connectivity index is 2.99. The van der Waals surface area contributed by atoms with Crippen molar-refractivity contribution in [2.24, 2.45) is 17.3 Å². The summed E-state index contributed by atoms with van der Waals surface area (Å²) in [6.07, 6.45) is 5.98. The summed E-state index contributed by atoms with van der Waals surface area (Å²) in [7, 11) is 3.15. The van der Waals surface area contributed by atoms with Crippen LogP contribution >= 0.6 is 0 Å². The van der Waals surface area contributed by atoms with Crippen LogP contribution in [0.1, 0.15) is 46.0 Å². The highest BCUT2D eigenvalue weighted by Gasteiger charge is 2.49. The Morgan fingerprint density at radius 1 is 1.24 bits per heavy atom. The summed E-state index contributed by atoms with van der Waals surface area (Å²) in [6.45, 7) is 4.68. The Kier molecular flexibility index (Phi) is 5.44. The summed E-state index contributed by atoms with van der Waals surface area (Å²) in [6, 6.07) is 0. The Hall–Kier alpha value is -0.570. The summed E-state index contributed by atoms with van der Waals surface area (Å²) >= 11 is 0. The molecule has 0 aliphatic heterocycles. The molecule has 1 saturated carbocycles. The first kappa shape index (κ1) is 14.5. The van der Waals surface area contributed by atoms with Crippen molar-refractivity contribution in [3.8, 4) is 0 Å². The van der Waals surface area contributed by atoms with Crippen molar-refractivity contribution < 1.29 is 14.3 Å². The number of hydrogen-bond acceptors (Lipinski definition) is 3. The van der Waals surface area contributed by atoms with E-state index in [4.69, 9.17) is 9.47 Å². The molecule has 0 aromatic carbocycles. The van der Waals surface area contributed by atoms with E-state index in [2.05, 4.69) is 13.8 Å². The highest BCUT2D eigenvalue weighted by atomic mass is 16.5. The molecule has 1 atom stereocenters. The van der Waals surface area contributed by atoms with E-state index in [1.165, 1.54) is 26.4 Å². The molecular formula is C14H26O3. The minimum atomic E-state index is -0.454. The van der Waals surface area contributed by atoms with E-state index in [1.54, 1.807) is 7.11 Å². The highest BCUT2D eigenvalue weighted by molar-refractivity contribution is 5.77. The van der Waals surface area contributed by atoms with E-state index in [0.29, 0.717) is 12.5 Å². The van der Waals surface area contributed by atoms with Crippen molar-refractivity contribution in [1.29, 1.82) is 0 Å². The van der Waals surface area contributed by atoms with Crippen LogP contribution in [0, 0.1) is 17.3 Å². The molecule has 0 amide bonds. The minimum absolute atomic E-state index is 0.0961. The van der Waals surface area contributed by atoms with Gasteiger partial charge in [0, 0.05) is 7.11 Å². The van der Waals surface area contributed by atoms with E-state index in [-0.39, 0.29) is 11.9 Å². The lowest BCUT2D eigenvalue weighted by atomic mass is 9.63. The first-order valence-electron chi connectivity index (χ1n) is 6.67. The maximum Gasteiger partial charge on any atom is 0.314 e. The van der Waals surface area contributed by atoms with Gasteiger partial charge in [-0.05, 0) is 24.7 Å². The first-order valence-corrected chi connectivity index (χ1v) is 6.67. The van der Waals surface area contributed by atoms with Crippen LogP contribution in [0.25, 0.3) is 0 Å².